The summed E-state index contributed by atoms with van der Waals surface area (Å²) in [6.07, 6.45) is 12.4. The zero-order valence-corrected chi connectivity index (χ0v) is 32.8. The first-order chi connectivity index (χ1) is 27.6. The first-order valence-electron chi connectivity index (χ1n) is 19.7. The van der Waals surface area contributed by atoms with Gasteiger partial charge in [0.05, 0.1) is 44.0 Å². The lowest BCUT2D eigenvalue weighted by Gasteiger charge is -2.31. The van der Waals surface area contributed by atoms with Gasteiger partial charge in [-0.25, -0.2) is 19.6 Å². The van der Waals surface area contributed by atoms with Gasteiger partial charge in [-0.15, -0.1) is 0 Å². The minimum absolute atomic E-state index is 0.0700. The van der Waals surface area contributed by atoms with E-state index in [4.69, 9.17) is 4.74 Å². The average molecular weight is 772 g/mol. The Morgan fingerprint density at radius 2 is 1.37 bits per heavy atom. The molecular weight excluding hydrogens is 723 g/mol. The third-order valence-electron chi connectivity index (χ3n) is 11.3. The molecule has 1 aliphatic carbocycles. The lowest BCUT2D eigenvalue weighted by atomic mass is 9.94. The molecule has 1 unspecified atom stereocenters. The van der Waals surface area contributed by atoms with Gasteiger partial charge in [0.25, 0.3) is 0 Å². The number of nitrogens with zero attached hydrogens (tertiary/aromatic N) is 4. The Kier molecular flexibility index (Phi) is 11.9. The Hall–Kier alpha value is -6.16. The molecule has 4 aromatic rings. The highest BCUT2D eigenvalue weighted by Gasteiger charge is 2.39. The van der Waals surface area contributed by atoms with Crippen molar-refractivity contribution in [3.8, 4) is 45.5 Å². The number of methoxy groups -OCH3 is 2. The molecule has 1 saturated carbocycles. The van der Waals surface area contributed by atoms with E-state index in [2.05, 4.69) is 78.2 Å². The highest BCUT2D eigenvalue weighted by Crippen LogP contribution is 2.35. The number of nitrogens with one attached hydrogen (secondary N) is 3. The van der Waals surface area contributed by atoms with E-state index in [0.29, 0.717) is 18.9 Å². The van der Waals surface area contributed by atoms with Crippen LogP contribution in [-0.2, 0) is 23.9 Å². The number of carbonyl (C=O) groups excluding carboxylic acids is 4. The van der Waals surface area contributed by atoms with Gasteiger partial charge in [0.2, 0.25) is 11.8 Å². The van der Waals surface area contributed by atoms with E-state index in [-0.39, 0.29) is 35.7 Å². The molecule has 0 bridgehead atoms. The van der Waals surface area contributed by atoms with Crippen LogP contribution in [0, 0.1) is 29.6 Å². The maximum atomic E-state index is 13.8. The van der Waals surface area contributed by atoms with Crippen LogP contribution < -0.4 is 5.32 Å². The van der Waals surface area contributed by atoms with Crippen molar-refractivity contribution < 1.29 is 28.7 Å². The number of aromatic nitrogens is 4. The molecule has 4 heterocycles. The van der Waals surface area contributed by atoms with Crippen LogP contribution >= 0.6 is 0 Å². The second-order valence-electron chi connectivity index (χ2n) is 15.2. The smallest absolute Gasteiger partial charge is 0.407 e. The van der Waals surface area contributed by atoms with Crippen LogP contribution in [0.4, 0.5) is 4.79 Å². The number of H-pyrrole nitrogens is 2. The van der Waals surface area contributed by atoms with E-state index in [9.17, 15) is 19.2 Å². The van der Waals surface area contributed by atoms with Crippen LogP contribution in [0.3, 0.4) is 0 Å². The fourth-order valence-electron chi connectivity index (χ4n) is 8.19. The van der Waals surface area contributed by atoms with E-state index >= 15 is 0 Å². The minimum Gasteiger partial charge on any atom is -0.459 e. The van der Waals surface area contributed by atoms with Crippen LogP contribution in [0.15, 0.2) is 73.1 Å². The molecule has 0 spiro atoms. The molecule has 296 valence electrons. The van der Waals surface area contributed by atoms with E-state index in [1.165, 1.54) is 14.2 Å². The van der Waals surface area contributed by atoms with Gasteiger partial charge in [-0.3, -0.25) is 9.59 Å². The number of aromatic amines is 2. The third kappa shape index (κ3) is 8.50. The fourth-order valence-corrected chi connectivity index (χ4v) is 8.19. The van der Waals surface area contributed by atoms with Gasteiger partial charge in [0.1, 0.15) is 29.7 Å². The number of esters is 1. The summed E-state index contributed by atoms with van der Waals surface area (Å²) in [6.45, 7) is 4.89. The van der Waals surface area contributed by atoms with E-state index in [1.54, 1.807) is 17.3 Å². The number of hydrogen-bond acceptors (Lipinski definition) is 8. The number of likely N-dealkylation sites (tertiary alicyclic amines) is 1. The molecule has 2 aliphatic heterocycles. The Bertz CT molecular complexity index is 2170. The second kappa shape index (κ2) is 17.3. The highest BCUT2D eigenvalue weighted by molar-refractivity contribution is 5.91. The normalized spacial score (nSPS) is 19.0. The lowest BCUT2D eigenvalue weighted by Crippen LogP contribution is -2.51. The summed E-state index contributed by atoms with van der Waals surface area (Å²) in [5.41, 5.74) is 5.74. The van der Waals surface area contributed by atoms with Crippen molar-refractivity contribution in [1.29, 1.82) is 0 Å². The maximum Gasteiger partial charge on any atom is 0.407 e. The van der Waals surface area contributed by atoms with E-state index in [1.807, 2.05) is 43.0 Å². The first kappa shape index (κ1) is 39.1. The second-order valence-corrected chi connectivity index (χ2v) is 15.2. The average Bonchev–Trinajstić information content (AvgIpc) is 4.09. The largest absolute Gasteiger partial charge is 0.459 e. The Balaban J connectivity index is 1.00. The fraction of sp³-hybridized carbons (Fsp3) is 0.409. The van der Waals surface area contributed by atoms with Crippen LogP contribution in [0.2, 0.25) is 0 Å². The highest BCUT2D eigenvalue weighted by atomic mass is 16.5. The summed E-state index contributed by atoms with van der Waals surface area (Å²) in [5.74, 6) is 5.17. The molecule has 2 aromatic heterocycles. The molecule has 2 aromatic carbocycles. The molecule has 0 radical (unpaired) electrons. The number of benzene rings is 2. The molecule has 3 aliphatic rings. The zero-order valence-electron chi connectivity index (χ0n) is 32.8. The van der Waals surface area contributed by atoms with Gasteiger partial charge >= 0.3 is 12.1 Å². The van der Waals surface area contributed by atoms with Crippen LogP contribution in [0.5, 0.6) is 0 Å². The number of hydrogen-bond donors (Lipinski definition) is 3. The van der Waals surface area contributed by atoms with Gasteiger partial charge in [0, 0.05) is 19.0 Å². The van der Waals surface area contributed by atoms with Crippen LogP contribution in [0.1, 0.15) is 76.1 Å². The Morgan fingerprint density at radius 1 is 0.772 bits per heavy atom. The van der Waals surface area contributed by atoms with Crippen LogP contribution in [0.25, 0.3) is 33.6 Å². The van der Waals surface area contributed by atoms with Gasteiger partial charge in [0.15, 0.2) is 0 Å². The SMILES string of the molecule is COC(=O)C#C[C@H](C(=O)N1CCC[C@H]1c1ncc(-c2ccc(-c3ccc(-c4cnc([C@@H]5C=CCN5C(=O)C(NC(=O)OC)C5CCCC5)[nH]4)cc3)cc2)[nH]1)C(C)C. The first-order valence-corrected chi connectivity index (χ1v) is 19.7. The quantitative estimate of drug-likeness (QED) is 0.0703. The molecule has 3 amide bonds. The molecule has 7 rings (SSSR count). The number of imidazole rings is 2. The lowest BCUT2D eigenvalue weighted by molar-refractivity contribution is -0.136. The predicted molar refractivity (Wildman–Crippen MR) is 214 cm³/mol. The Morgan fingerprint density at radius 3 is 1.96 bits per heavy atom. The zero-order chi connectivity index (χ0) is 40.1. The molecule has 1 saturated heterocycles. The summed E-state index contributed by atoms with van der Waals surface area (Å²) in [7, 11) is 2.58. The summed E-state index contributed by atoms with van der Waals surface area (Å²) < 4.78 is 9.49. The van der Waals surface area contributed by atoms with Gasteiger partial charge in [-0.1, -0.05) is 93.3 Å². The van der Waals surface area contributed by atoms with Crippen molar-refractivity contribution in [2.75, 3.05) is 27.3 Å². The van der Waals surface area contributed by atoms with Crippen molar-refractivity contribution in [3.05, 3.63) is 84.7 Å². The summed E-state index contributed by atoms with van der Waals surface area (Å²) in [4.78, 5) is 71.1. The summed E-state index contributed by atoms with van der Waals surface area (Å²) in [6, 6.07) is 15.3. The Labute approximate surface area is 332 Å². The molecule has 3 N–H and O–H groups in total. The standard InChI is InChI=1S/C44H49N7O6/c1-27(2)33(21-22-38(52)56-3)42(53)50-23-7-11-36(50)40-45-25-34(47-40)30-17-13-28(14-18-30)29-15-19-31(20-16-29)35-26-46-41(48-35)37-12-8-24-51(37)43(54)39(49-44(55)57-4)32-9-5-6-10-32/h8,12-20,25-27,32-33,36-37,39H,5-7,9-11,23-24H2,1-4H3,(H,45,47)(H,46,48)(H,49,55)/t33-,36-,37-,39?/m0/s1. The molecule has 13 heteroatoms. The topological polar surface area (TPSA) is 163 Å². The van der Waals surface area contributed by atoms with Crippen molar-refractivity contribution in [2.24, 2.45) is 17.8 Å². The van der Waals surface area contributed by atoms with E-state index < -0.39 is 24.0 Å². The maximum absolute atomic E-state index is 13.8. The predicted octanol–water partition coefficient (Wildman–Crippen LogP) is 6.60. The van der Waals surface area contributed by atoms with Crippen LogP contribution in [-0.4, -0.2) is 87.0 Å². The summed E-state index contributed by atoms with van der Waals surface area (Å²) >= 11 is 0. The number of alkyl carbamates (subject to hydrolysis) is 1. The number of ether oxygens (including phenoxy) is 2. The molecule has 2 fully saturated rings. The monoisotopic (exact) mass is 771 g/mol. The summed E-state index contributed by atoms with van der Waals surface area (Å²) in [5, 5.41) is 2.81. The molecule has 4 atom stereocenters. The van der Waals surface area contributed by atoms with Crippen molar-refractivity contribution in [3.63, 3.8) is 0 Å². The number of rotatable bonds is 10. The van der Waals surface area contributed by atoms with Gasteiger partial charge < -0.3 is 34.6 Å². The van der Waals surface area contributed by atoms with Crippen molar-refractivity contribution in [2.45, 2.75) is 70.5 Å². The van der Waals surface area contributed by atoms with Gasteiger partial charge in [-0.05, 0) is 59.8 Å². The molecule has 57 heavy (non-hydrogen) atoms. The van der Waals surface area contributed by atoms with E-state index in [0.717, 1.165) is 78.0 Å². The third-order valence-corrected chi connectivity index (χ3v) is 11.3. The van der Waals surface area contributed by atoms with Crippen molar-refractivity contribution >= 4 is 23.9 Å². The van der Waals surface area contributed by atoms with Crippen molar-refractivity contribution in [1.82, 2.24) is 35.1 Å². The van der Waals surface area contributed by atoms with Gasteiger partial charge in [-0.2, -0.15) is 0 Å². The molecular formula is C44H49N7O6. The number of carbonyl (C=O) groups is 4. The number of amides is 3. The molecule has 13 nitrogen and oxygen atoms in total. The minimum atomic E-state index is -0.657.